The highest BCUT2D eigenvalue weighted by molar-refractivity contribution is 7.92. The van der Waals surface area contributed by atoms with Gasteiger partial charge in [0, 0.05) is 12.1 Å². The van der Waals surface area contributed by atoms with Gasteiger partial charge in [-0.15, -0.1) is 0 Å². The van der Waals surface area contributed by atoms with Crippen molar-refractivity contribution in [2.24, 2.45) is 0 Å². The van der Waals surface area contributed by atoms with E-state index < -0.39 is 34.1 Å². The number of nitrogens with zero attached hydrogens (tertiary/aromatic N) is 2. The van der Waals surface area contributed by atoms with Gasteiger partial charge in [0.2, 0.25) is 11.8 Å². The van der Waals surface area contributed by atoms with Gasteiger partial charge < -0.3 is 15.0 Å². The summed E-state index contributed by atoms with van der Waals surface area (Å²) in [5, 5.41) is 2.98. The van der Waals surface area contributed by atoms with Crippen molar-refractivity contribution in [2.45, 2.75) is 71.0 Å². The van der Waals surface area contributed by atoms with Crippen molar-refractivity contribution in [3.63, 3.8) is 0 Å². The summed E-state index contributed by atoms with van der Waals surface area (Å²) >= 11 is 0. The number of hydrogen-bond donors (Lipinski definition) is 1. The Kier molecular flexibility index (Phi) is 10.2. The topological polar surface area (TPSA) is 96.0 Å². The summed E-state index contributed by atoms with van der Waals surface area (Å²) in [6.07, 6.45) is 0.346. The van der Waals surface area contributed by atoms with Gasteiger partial charge in [-0.25, -0.2) is 8.42 Å². The van der Waals surface area contributed by atoms with Gasteiger partial charge in [0.15, 0.2) is 0 Å². The second kappa shape index (κ2) is 13.2. The normalized spacial score (nSPS) is 12.4. The molecule has 0 fully saturated rings. The fourth-order valence-corrected chi connectivity index (χ4v) is 5.97. The summed E-state index contributed by atoms with van der Waals surface area (Å²) in [4.78, 5) is 29.2. The zero-order valence-corrected chi connectivity index (χ0v) is 25.8. The van der Waals surface area contributed by atoms with Gasteiger partial charge >= 0.3 is 0 Å². The smallest absolute Gasteiger partial charge is 0.264 e. The largest absolute Gasteiger partial charge is 0.497 e. The van der Waals surface area contributed by atoms with E-state index in [2.05, 4.69) is 5.32 Å². The predicted octanol–water partition coefficient (Wildman–Crippen LogP) is 5.23. The summed E-state index contributed by atoms with van der Waals surface area (Å²) in [6, 6.07) is 20.0. The third kappa shape index (κ3) is 8.10. The highest BCUT2D eigenvalue weighted by Crippen LogP contribution is 2.28. The average Bonchev–Trinajstić information content (AvgIpc) is 2.91. The lowest BCUT2D eigenvalue weighted by atomic mass is 10.1. The Morgan fingerprint density at radius 1 is 0.927 bits per heavy atom. The second-order valence-electron chi connectivity index (χ2n) is 11.1. The van der Waals surface area contributed by atoms with Crippen LogP contribution in [0.25, 0.3) is 0 Å². The first-order valence-electron chi connectivity index (χ1n) is 13.7. The zero-order valence-electron chi connectivity index (χ0n) is 25.0. The molecule has 0 unspecified atom stereocenters. The molecule has 3 aromatic carbocycles. The molecule has 2 amide bonds. The molecule has 0 radical (unpaired) electrons. The first-order chi connectivity index (χ1) is 19.3. The third-order valence-electron chi connectivity index (χ3n) is 6.67. The Morgan fingerprint density at radius 2 is 1.54 bits per heavy atom. The molecule has 3 rings (SSSR count). The number of hydrogen-bond acceptors (Lipinski definition) is 5. The SMILES string of the molecule is CC[C@@H](C(=O)NC(C)(C)C)N(Cc1ccc(OC)cc1)C(=O)CN(c1ccccc1C)S(=O)(=O)c1ccc(C)cc1. The number of para-hydroxylation sites is 1. The molecular weight excluding hydrogens is 538 g/mol. The fourth-order valence-electron chi connectivity index (χ4n) is 4.49. The summed E-state index contributed by atoms with van der Waals surface area (Å²) in [6.45, 7) is 10.8. The minimum absolute atomic E-state index is 0.0818. The van der Waals surface area contributed by atoms with Gasteiger partial charge in [-0.1, -0.05) is 55.0 Å². The molecule has 0 heterocycles. The van der Waals surface area contributed by atoms with Gasteiger partial charge in [-0.05, 0) is 82.5 Å². The van der Waals surface area contributed by atoms with E-state index in [1.807, 2.05) is 52.8 Å². The monoisotopic (exact) mass is 579 g/mol. The van der Waals surface area contributed by atoms with E-state index >= 15 is 0 Å². The van der Waals surface area contributed by atoms with Gasteiger partial charge in [-0.2, -0.15) is 0 Å². The first-order valence-corrected chi connectivity index (χ1v) is 15.1. The van der Waals surface area contributed by atoms with Crippen molar-refractivity contribution >= 4 is 27.5 Å². The second-order valence-corrected chi connectivity index (χ2v) is 13.0. The predicted molar refractivity (Wildman–Crippen MR) is 162 cm³/mol. The van der Waals surface area contributed by atoms with Crippen LogP contribution in [0.2, 0.25) is 0 Å². The Bertz CT molecular complexity index is 1450. The van der Waals surface area contributed by atoms with E-state index in [0.29, 0.717) is 23.4 Å². The number of nitrogens with one attached hydrogen (secondary N) is 1. The van der Waals surface area contributed by atoms with Crippen LogP contribution in [0.5, 0.6) is 5.75 Å². The summed E-state index contributed by atoms with van der Waals surface area (Å²) in [5.74, 6) is -0.125. The maximum absolute atomic E-state index is 14.2. The van der Waals surface area contributed by atoms with Crippen LogP contribution < -0.4 is 14.4 Å². The van der Waals surface area contributed by atoms with E-state index in [1.165, 1.54) is 4.90 Å². The molecule has 41 heavy (non-hydrogen) atoms. The van der Waals surface area contributed by atoms with Crippen molar-refractivity contribution in [1.82, 2.24) is 10.2 Å². The lowest BCUT2D eigenvalue weighted by molar-refractivity contribution is -0.141. The number of anilines is 1. The van der Waals surface area contributed by atoms with Gasteiger partial charge in [0.1, 0.15) is 18.3 Å². The van der Waals surface area contributed by atoms with E-state index in [4.69, 9.17) is 4.74 Å². The molecule has 0 aromatic heterocycles. The molecule has 0 aliphatic heterocycles. The number of amides is 2. The third-order valence-corrected chi connectivity index (χ3v) is 8.44. The van der Waals surface area contributed by atoms with Crippen molar-refractivity contribution < 1.29 is 22.7 Å². The molecule has 9 heteroatoms. The quantitative estimate of drug-likeness (QED) is 0.336. The molecule has 0 aliphatic rings. The number of carbonyl (C=O) groups excluding carboxylic acids is 2. The van der Waals surface area contributed by atoms with Crippen molar-refractivity contribution in [1.29, 1.82) is 0 Å². The van der Waals surface area contributed by atoms with Gasteiger partial charge in [0.25, 0.3) is 10.0 Å². The maximum Gasteiger partial charge on any atom is 0.264 e. The number of methoxy groups -OCH3 is 1. The molecule has 1 atom stereocenters. The van der Waals surface area contributed by atoms with E-state index in [9.17, 15) is 18.0 Å². The molecule has 8 nitrogen and oxygen atoms in total. The lowest BCUT2D eigenvalue weighted by Gasteiger charge is -2.35. The van der Waals surface area contributed by atoms with Crippen LogP contribution in [0.1, 0.15) is 50.8 Å². The minimum atomic E-state index is -4.12. The van der Waals surface area contributed by atoms with Crippen molar-refractivity contribution in [3.8, 4) is 5.75 Å². The van der Waals surface area contributed by atoms with Crippen LogP contribution in [-0.2, 0) is 26.2 Å². The summed E-state index contributed by atoms with van der Waals surface area (Å²) < 4.78 is 34.4. The minimum Gasteiger partial charge on any atom is -0.497 e. The number of rotatable bonds is 11. The summed E-state index contributed by atoms with van der Waals surface area (Å²) in [7, 11) is -2.54. The van der Waals surface area contributed by atoms with E-state index in [0.717, 1.165) is 15.4 Å². The summed E-state index contributed by atoms with van der Waals surface area (Å²) in [5.41, 5.74) is 2.29. The van der Waals surface area contributed by atoms with Crippen molar-refractivity contribution in [3.05, 3.63) is 89.5 Å². The Balaban J connectivity index is 2.08. The lowest BCUT2D eigenvalue weighted by Crippen LogP contribution is -2.55. The van der Waals surface area contributed by atoms with Crippen LogP contribution >= 0.6 is 0 Å². The Morgan fingerprint density at radius 3 is 2.07 bits per heavy atom. The molecule has 0 spiro atoms. The molecule has 0 aliphatic carbocycles. The Hall–Kier alpha value is -3.85. The van der Waals surface area contributed by atoms with Crippen molar-refractivity contribution in [2.75, 3.05) is 18.0 Å². The molecule has 0 bridgehead atoms. The maximum atomic E-state index is 14.2. The average molecular weight is 580 g/mol. The highest BCUT2D eigenvalue weighted by atomic mass is 32.2. The van der Waals surface area contributed by atoms with Crippen LogP contribution in [0, 0.1) is 13.8 Å². The highest BCUT2D eigenvalue weighted by Gasteiger charge is 2.35. The molecule has 0 saturated heterocycles. The van der Waals surface area contributed by atoms with Gasteiger partial charge in [0.05, 0.1) is 17.7 Å². The number of carbonyl (C=O) groups is 2. The zero-order chi connectivity index (χ0) is 30.4. The van der Waals surface area contributed by atoms with Crippen LogP contribution in [-0.4, -0.2) is 50.4 Å². The Labute approximate surface area is 244 Å². The van der Waals surface area contributed by atoms with Crippen LogP contribution in [0.15, 0.2) is 77.7 Å². The van der Waals surface area contributed by atoms with E-state index in [-0.39, 0.29) is 17.3 Å². The molecule has 3 aromatic rings. The fraction of sp³-hybridized carbons (Fsp3) is 0.375. The van der Waals surface area contributed by atoms with Crippen LogP contribution in [0.3, 0.4) is 0 Å². The number of ether oxygens (including phenoxy) is 1. The van der Waals surface area contributed by atoms with Crippen LogP contribution in [0.4, 0.5) is 5.69 Å². The number of aryl methyl sites for hydroxylation is 2. The molecule has 1 N–H and O–H groups in total. The molecule has 0 saturated carbocycles. The number of benzene rings is 3. The first kappa shape index (κ1) is 31.7. The standard InChI is InChI=1S/C32H41N3O5S/c1-8-28(31(37)33-32(4,5)6)34(21-25-15-17-26(40-7)18-16-25)30(36)22-35(29-12-10-9-11-24(29)3)41(38,39)27-19-13-23(2)14-20-27/h9-20,28H,8,21-22H2,1-7H3,(H,33,37)/t28-/m0/s1. The van der Waals surface area contributed by atoms with E-state index in [1.54, 1.807) is 68.6 Å². The molecular formula is C32H41N3O5S. The van der Waals surface area contributed by atoms with Gasteiger partial charge in [-0.3, -0.25) is 13.9 Å². The number of sulfonamides is 1. The molecule has 220 valence electrons.